The minimum absolute atomic E-state index is 0.0114. The lowest BCUT2D eigenvalue weighted by Gasteiger charge is -2.20. The fourth-order valence-corrected chi connectivity index (χ4v) is 4.30. The van der Waals surface area contributed by atoms with Gasteiger partial charge in [0.1, 0.15) is 0 Å². The summed E-state index contributed by atoms with van der Waals surface area (Å²) in [4.78, 5) is 22.4. The van der Waals surface area contributed by atoms with Crippen molar-refractivity contribution in [3.05, 3.63) is 53.1 Å². The number of nitrogens with zero attached hydrogens (tertiary/aromatic N) is 2. The second-order valence-corrected chi connectivity index (χ2v) is 8.88. The summed E-state index contributed by atoms with van der Waals surface area (Å²) >= 11 is 3.27. The Morgan fingerprint density at radius 2 is 1.85 bits per heavy atom. The molecule has 2 aromatic carbocycles. The van der Waals surface area contributed by atoms with Crippen LogP contribution < -0.4 is 9.80 Å². The second-order valence-electron chi connectivity index (χ2n) is 6.99. The molecule has 0 saturated carbocycles. The molecular formula is C21H26N3OS2+. The van der Waals surface area contributed by atoms with E-state index in [9.17, 15) is 4.79 Å². The van der Waals surface area contributed by atoms with E-state index >= 15 is 0 Å². The minimum atomic E-state index is 0.0114. The molecule has 0 saturated heterocycles. The van der Waals surface area contributed by atoms with E-state index in [-0.39, 0.29) is 5.91 Å². The van der Waals surface area contributed by atoms with Crippen LogP contribution in [0.1, 0.15) is 21.5 Å². The van der Waals surface area contributed by atoms with Gasteiger partial charge in [-0.05, 0) is 61.6 Å². The van der Waals surface area contributed by atoms with E-state index < -0.39 is 0 Å². The molecule has 0 unspecified atom stereocenters. The van der Waals surface area contributed by atoms with Gasteiger partial charge in [-0.2, -0.15) is 0 Å². The number of rotatable bonds is 6. The Bertz CT molecular complexity index is 948. The quantitative estimate of drug-likeness (QED) is 0.644. The molecule has 6 heteroatoms. The van der Waals surface area contributed by atoms with Gasteiger partial charge in [0, 0.05) is 10.5 Å². The molecular weight excluding hydrogens is 374 g/mol. The third-order valence-electron chi connectivity index (χ3n) is 4.72. The molecule has 142 valence electrons. The first-order valence-electron chi connectivity index (χ1n) is 9.02. The molecule has 0 aliphatic carbocycles. The molecule has 3 aromatic rings. The zero-order valence-corrected chi connectivity index (χ0v) is 18.1. The van der Waals surface area contributed by atoms with E-state index in [1.807, 2.05) is 35.4 Å². The molecule has 1 amide bonds. The number of hydrogen-bond donors (Lipinski definition) is 1. The van der Waals surface area contributed by atoms with Crippen molar-refractivity contribution in [3.63, 3.8) is 0 Å². The topological polar surface area (TPSA) is 37.6 Å². The van der Waals surface area contributed by atoms with E-state index in [1.165, 1.54) is 16.0 Å². The Morgan fingerprint density at radius 1 is 1.15 bits per heavy atom. The molecule has 1 aromatic heterocycles. The Labute approximate surface area is 169 Å². The van der Waals surface area contributed by atoms with Gasteiger partial charge in [-0.3, -0.25) is 9.69 Å². The average molecular weight is 401 g/mol. The molecule has 1 heterocycles. The number of nitrogens with one attached hydrogen (secondary N) is 1. The highest BCUT2D eigenvalue weighted by Crippen LogP contribution is 2.32. The van der Waals surface area contributed by atoms with E-state index in [1.54, 1.807) is 23.1 Å². The first-order chi connectivity index (χ1) is 12.9. The van der Waals surface area contributed by atoms with Crippen LogP contribution in [0, 0.1) is 13.8 Å². The number of amides is 1. The Hall–Kier alpha value is -1.89. The monoisotopic (exact) mass is 400 g/mol. The van der Waals surface area contributed by atoms with Gasteiger partial charge in [-0.1, -0.05) is 17.4 Å². The van der Waals surface area contributed by atoms with Crippen molar-refractivity contribution < 1.29 is 9.69 Å². The van der Waals surface area contributed by atoms with Crippen LogP contribution in [0.2, 0.25) is 0 Å². The van der Waals surface area contributed by atoms with Crippen LogP contribution in [0.25, 0.3) is 10.2 Å². The zero-order valence-electron chi connectivity index (χ0n) is 16.5. The van der Waals surface area contributed by atoms with E-state index in [2.05, 4.69) is 40.1 Å². The number of fused-ring (bicyclic) bond motifs is 1. The number of carbonyl (C=O) groups excluding carboxylic acids is 1. The third-order valence-corrected chi connectivity index (χ3v) is 6.51. The van der Waals surface area contributed by atoms with E-state index in [0.29, 0.717) is 12.1 Å². The fourth-order valence-electron chi connectivity index (χ4n) is 2.84. The number of likely N-dealkylation sites (N-methyl/N-ethyl adjacent to an activating group) is 1. The normalized spacial score (nSPS) is 11.3. The van der Waals surface area contributed by atoms with Gasteiger partial charge in [0.05, 0.1) is 37.4 Å². The summed E-state index contributed by atoms with van der Waals surface area (Å²) in [5, 5.41) is 0.777. The van der Waals surface area contributed by atoms with Crippen LogP contribution in [0.15, 0.2) is 41.3 Å². The molecule has 3 rings (SSSR count). The van der Waals surface area contributed by atoms with Gasteiger partial charge in [0.2, 0.25) is 0 Å². The number of anilines is 1. The standard InChI is InChI=1S/C21H25N3OS2/c1-14-6-11-18-19(15(14)2)22-21(27-18)24(13-12-23(3)4)20(25)16-7-9-17(26-5)10-8-16/h6-11H,12-13H2,1-5H3/p+1. The van der Waals surface area contributed by atoms with Gasteiger partial charge in [-0.25, -0.2) is 4.98 Å². The maximum absolute atomic E-state index is 13.3. The molecule has 0 bridgehead atoms. The Kier molecular flexibility index (Phi) is 6.19. The summed E-state index contributed by atoms with van der Waals surface area (Å²) in [6.45, 7) is 5.70. The van der Waals surface area contributed by atoms with Crippen LogP contribution in [0.5, 0.6) is 0 Å². The molecule has 0 atom stereocenters. The third kappa shape index (κ3) is 4.34. The largest absolute Gasteiger partial charge is 0.338 e. The smallest absolute Gasteiger partial charge is 0.260 e. The number of aromatic nitrogens is 1. The first kappa shape index (κ1) is 19.9. The molecule has 0 aliphatic rings. The number of aryl methyl sites for hydroxylation is 2. The molecule has 4 nitrogen and oxygen atoms in total. The van der Waals surface area contributed by atoms with Crippen LogP contribution in [0.3, 0.4) is 0 Å². The van der Waals surface area contributed by atoms with Crippen molar-refractivity contribution in [2.24, 2.45) is 0 Å². The summed E-state index contributed by atoms with van der Waals surface area (Å²) in [5.41, 5.74) is 4.11. The van der Waals surface area contributed by atoms with Crippen molar-refractivity contribution >= 4 is 44.4 Å². The van der Waals surface area contributed by atoms with E-state index in [4.69, 9.17) is 4.98 Å². The van der Waals surface area contributed by atoms with Crippen LogP contribution in [-0.2, 0) is 0 Å². The maximum atomic E-state index is 13.3. The summed E-state index contributed by atoms with van der Waals surface area (Å²) in [6, 6.07) is 12.0. The number of quaternary nitrogens is 1. The fraction of sp³-hybridized carbons (Fsp3) is 0.333. The SMILES string of the molecule is CSc1ccc(C(=O)N(CC[NH+](C)C)c2nc3c(C)c(C)ccc3s2)cc1. The molecule has 0 fully saturated rings. The van der Waals surface area contributed by atoms with Gasteiger partial charge in [0.15, 0.2) is 5.13 Å². The molecule has 0 aliphatic heterocycles. The summed E-state index contributed by atoms with van der Waals surface area (Å²) < 4.78 is 1.13. The number of hydrogen-bond acceptors (Lipinski definition) is 4. The van der Waals surface area contributed by atoms with Crippen molar-refractivity contribution in [2.45, 2.75) is 18.7 Å². The second kappa shape index (κ2) is 8.42. The lowest BCUT2D eigenvalue weighted by Crippen LogP contribution is -3.06. The lowest BCUT2D eigenvalue weighted by molar-refractivity contribution is -0.856. The number of carbonyl (C=O) groups is 1. The van der Waals surface area contributed by atoms with Crippen LogP contribution >= 0.6 is 23.1 Å². The summed E-state index contributed by atoms with van der Waals surface area (Å²) in [6.07, 6.45) is 2.04. The van der Waals surface area contributed by atoms with Crippen molar-refractivity contribution in [1.82, 2.24) is 4.98 Å². The van der Waals surface area contributed by atoms with Crippen molar-refractivity contribution in [1.29, 1.82) is 0 Å². The van der Waals surface area contributed by atoms with Crippen molar-refractivity contribution in [3.8, 4) is 0 Å². The summed E-state index contributed by atoms with van der Waals surface area (Å²) in [7, 11) is 4.20. The highest BCUT2D eigenvalue weighted by atomic mass is 32.2. The number of benzene rings is 2. The average Bonchev–Trinajstić information content (AvgIpc) is 3.09. The zero-order chi connectivity index (χ0) is 19.6. The van der Waals surface area contributed by atoms with E-state index in [0.717, 1.165) is 26.8 Å². The maximum Gasteiger partial charge on any atom is 0.260 e. The predicted octanol–water partition coefficient (Wildman–Crippen LogP) is 3.43. The number of thiazole rings is 1. The van der Waals surface area contributed by atoms with Gasteiger partial charge in [0.25, 0.3) is 5.91 Å². The summed E-state index contributed by atoms with van der Waals surface area (Å²) in [5.74, 6) is 0.0114. The first-order valence-corrected chi connectivity index (χ1v) is 11.1. The van der Waals surface area contributed by atoms with Gasteiger partial charge in [-0.15, -0.1) is 11.8 Å². The highest BCUT2D eigenvalue weighted by molar-refractivity contribution is 7.98. The van der Waals surface area contributed by atoms with Crippen molar-refractivity contribution in [2.75, 3.05) is 38.3 Å². The minimum Gasteiger partial charge on any atom is -0.338 e. The molecule has 27 heavy (non-hydrogen) atoms. The Morgan fingerprint density at radius 3 is 2.48 bits per heavy atom. The van der Waals surface area contributed by atoms with Crippen LogP contribution in [-0.4, -0.2) is 44.3 Å². The highest BCUT2D eigenvalue weighted by Gasteiger charge is 2.22. The number of thioether (sulfide) groups is 1. The van der Waals surface area contributed by atoms with Gasteiger partial charge < -0.3 is 4.90 Å². The molecule has 0 radical (unpaired) electrons. The predicted molar refractivity (Wildman–Crippen MR) is 117 cm³/mol. The van der Waals surface area contributed by atoms with Crippen LogP contribution in [0.4, 0.5) is 5.13 Å². The van der Waals surface area contributed by atoms with Gasteiger partial charge >= 0.3 is 0 Å². The molecule has 0 spiro atoms. The Balaban J connectivity index is 1.99. The molecule has 1 N–H and O–H groups in total. The lowest BCUT2D eigenvalue weighted by atomic mass is 10.1.